The standard InChI is InChI=1S/C16H20N4O2S2/c1-3-12-10-18-20(11-12)16(17-4-2)19-24(21,22)15-9-13-7-5-6-8-14(13)23-15/h5-10,12H,3-4,11H2,1-2H3,(H,17,19). The van der Waals surface area contributed by atoms with Gasteiger partial charge in [-0.2, -0.15) is 13.5 Å². The van der Waals surface area contributed by atoms with Gasteiger partial charge in [0.15, 0.2) is 0 Å². The Labute approximate surface area is 145 Å². The van der Waals surface area contributed by atoms with Crippen LogP contribution in [0.25, 0.3) is 10.1 Å². The van der Waals surface area contributed by atoms with Crippen LogP contribution >= 0.6 is 11.3 Å². The second kappa shape index (κ2) is 6.90. The Hall–Kier alpha value is -1.93. The van der Waals surface area contributed by atoms with Gasteiger partial charge in [0.2, 0.25) is 5.96 Å². The maximum absolute atomic E-state index is 12.7. The van der Waals surface area contributed by atoms with Gasteiger partial charge in [0.25, 0.3) is 10.0 Å². The van der Waals surface area contributed by atoms with Crippen LogP contribution in [0.2, 0.25) is 0 Å². The highest BCUT2D eigenvalue weighted by molar-refractivity contribution is 7.92. The fourth-order valence-electron chi connectivity index (χ4n) is 2.44. The van der Waals surface area contributed by atoms with Crippen LogP contribution in [0.4, 0.5) is 0 Å². The van der Waals surface area contributed by atoms with Gasteiger partial charge in [-0.25, -0.2) is 5.01 Å². The zero-order chi connectivity index (χ0) is 17.2. The molecule has 3 rings (SSSR count). The van der Waals surface area contributed by atoms with E-state index >= 15 is 0 Å². The third-order valence-electron chi connectivity index (χ3n) is 3.79. The van der Waals surface area contributed by atoms with E-state index < -0.39 is 10.0 Å². The Bertz CT molecular complexity index is 853. The zero-order valence-corrected chi connectivity index (χ0v) is 15.3. The predicted molar refractivity (Wildman–Crippen MR) is 99.1 cm³/mol. The number of hydrogen-bond donors (Lipinski definition) is 1. The van der Waals surface area contributed by atoms with Crippen molar-refractivity contribution in [3.05, 3.63) is 30.3 Å². The summed E-state index contributed by atoms with van der Waals surface area (Å²) in [7, 11) is -3.78. The molecule has 128 valence electrons. The van der Waals surface area contributed by atoms with Gasteiger partial charge in [-0.15, -0.1) is 15.7 Å². The van der Waals surface area contributed by atoms with E-state index in [0.717, 1.165) is 16.5 Å². The van der Waals surface area contributed by atoms with Crippen molar-refractivity contribution in [1.82, 2.24) is 10.3 Å². The number of nitrogens with one attached hydrogen (secondary N) is 1. The minimum Gasteiger partial charge on any atom is -0.354 e. The number of benzene rings is 1. The van der Waals surface area contributed by atoms with Gasteiger partial charge in [-0.05, 0) is 30.9 Å². The first-order valence-electron chi connectivity index (χ1n) is 7.92. The van der Waals surface area contributed by atoms with Gasteiger partial charge in [0, 0.05) is 23.4 Å². The largest absolute Gasteiger partial charge is 0.354 e. The van der Waals surface area contributed by atoms with Crippen molar-refractivity contribution in [3.63, 3.8) is 0 Å². The zero-order valence-electron chi connectivity index (χ0n) is 13.6. The van der Waals surface area contributed by atoms with E-state index in [2.05, 4.69) is 21.7 Å². The lowest BCUT2D eigenvalue weighted by atomic mass is 10.1. The minimum absolute atomic E-state index is 0.245. The van der Waals surface area contributed by atoms with Crippen LogP contribution in [0.15, 0.2) is 44.0 Å². The highest BCUT2D eigenvalue weighted by atomic mass is 32.2. The average molecular weight is 364 g/mol. The summed E-state index contributed by atoms with van der Waals surface area (Å²) >= 11 is 1.23. The molecule has 6 nitrogen and oxygen atoms in total. The SMILES string of the molecule is CCN/C(=N\S(=O)(=O)c1cc2ccccc2s1)N1CC(CC)C=N1. The lowest BCUT2D eigenvalue weighted by molar-refractivity contribution is 0.426. The first-order chi connectivity index (χ1) is 11.5. The van der Waals surface area contributed by atoms with E-state index in [4.69, 9.17) is 0 Å². The molecule has 24 heavy (non-hydrogen) atoms. The van der Waals surface area contributed by atoms with Crippen molar-refractivity contribution in [1.29, 1.82) is 0 Å². The van der Waals surface area contributed by atoms with Crippen molar-refractivity contribution < 1.29 is 8.42 Å². The van der Waals surface area contributed by atoms with Crippen LogP contribution in [0.3, 0.4) is 0 Å². The Morgan fingerprint density at radius 3 is 2.88 bits per heavy atom. The molecule has 0 spiro atoms. The van der Waals surface area contributed by atoms with Gasteiger partial charge < -0.3 is 5.32 Å². The van der Waals surface area contributed by atoms with Gasteiger partial charge in [0.05, 0.1) is 6.54 Å². The molecule has 0 aliphatic carbocycles. The van der Waals surface area contributed by atoms with Crippen molar-refractivity contribution in [3.8, 4) is 0 Å². The topological polar surface area (TPSA) is 74.1 Å². The lowest BCUT2D eigenvalue weighted by Gasteiger charge is -2.18. The Kier molecular flexibility index (Phi) is 4.86. The van der Waals surface area contributed by atoms with Crippen molar-refractivity contribution >= 4 is 43.6 Å². The Morgan fingerprint density at radius 1 is 1.42 bits per heavy atom. The van der Waals surface area contributed by atoms with Crippen molar-refractivity contribution in [2.24, 2.45) is 15.4 Å². The summed E-state index contributed by atoms with van der Waals surface area (Å²) in [5, 5.41) is 9.83. The molecule has 2 heterocycles. The van der Waals surface area contributed by atoms with E-state index in [1.807, 2.05) is 37.4 Å². The van der Waals surface area contributed by atoms with Crippen LogP contribution < -0.4 is 5.32 Å². The van der Waals surface area contributed by atoms with E-state index in [1.54, 1.807) is 11.1 Å². The molecule has 1 N–H and O–H groups in total. The summed E-state index contributed by atoms with van der Waals surface area (Å²) in [4.78, 5) is 0. The number of sulfonamides is 1. The second-order valence-corrected chi connectivity index (χ2v) is 8.45. The summed E-state index contributed by atoms with van der Waals surface area (Å²) in [6.07, 6.45) is 2.81. The molecule has 0 saturated heterocycles. The van der Waals surface area contributed by atoms with Crippen LogP contribution in [-0.2, 0) is 10.0 Å². The quantitative estimate of drug-likeness (QED) is 0.669. The first-order valence-corrected chi connectivity index (χ1v) is 10.2. The number of rotatable bonds is 4. The highest BCUT2D eigenvalue weighted by Gasteiger charge is 2.24. The average Bonchev–Trinajstić information content (AvgIpc) is 3.21. The molecule has 0 saturated carbocycles. The van der Waals surface area contributed by atoms with E-state index in [0.29, 0.717) is 19.0 Å². The number of thiophene rings is 1. The second-order valence-electron chi connectivity index (χ2n) is 5.54. The molecule has 0 amide bonds. The third kappa shape index (κ3) is 3.44. The molecular formula is C16H20N4O2S2. The molecule has 8 heteroatoms. The fraction of sp³-hybridized carbons (Fsp3) is 0.375. The first kappa shape index (κ1) is 16.9. The number of fused-ring (bicyclic) bond motifs is 1. The van der Waals surface area contributed by atoms with Crippen LogP contribution in [0.1, 0.15) is 20.3 Å². The Morgan fingerprint density at radius 2 is 2.21 bits per heavy atom. The molecule has 1 aromatic heterocycles. The number of hydrogen-bond acceptors (Lipinski definition) is 4. The molecule has 2 aromatic rings. The molecule has 0 bridgehead atoms. The Balaban J connectivity index is 1.94. The summed E-state index contributed by atoms with van der Waals surface area (Å²) in [5.74, 6) is 0.600. The number of hydrazone groups is 1. The molecular weight excluding hydrogens is 344 g/mol. The maximum Gasteiger partial charge on any atom is 0.295 e. The fourth-order valence-corrected chi connectivity index (χ4v) is 4.79. The molecule has 0 fully saturated rings. The van der Waals surface area contributed by atoms with Crippen LogP contribution in [-0.4, -0.2) is 38.7 Å². The summed E-state index contributed by atoms with van der Waals surface area (Å²) in [6, 6.07) is 9.26. The monoisotopic (exact) mass is 364 g/mol. The van der Waals surface area contributed by atoms with Gasteiger partial charge in [-0.3, -0.25) is 0 Å². The van der Waals surface area contributed by atoms with Crippen molar-refractivity contribution in [2.75, 3.05) is 13.1 Å². The molecule has 1 atom stereocenters. The third-order valence-corrected chi connectivity index (χ3v) is 6.62. The predicted octanol–water partition coefficient (Wildman–Crippen LogP) is 2.88. The van der Waals surface area contributed by atoms with E-state index in [1.165, 1.54) is 11.3 Å². The van der Waals surface area contributed by atoms with E-state index in [9.17, 15) is 8.42 Å². The minimum atomic E-state index is -3.78. The molecule has 0 radical (unpaired) electrons. The summed E-state index contributed by atoms with van der Waals surface area (Å²) in [6.45, 7) is 5.20. The smallest absolute Gasteiger partial charge is 0.295 e. The molecule has 1 aliphatic heterocycles. The molecule has 1 aliphatic rings. The highest BCUT2D eigenvalue weighted by Crippen LogP contribution is 2.30. The maximum atomic E-state index is 12.7. The lowest BCUT2D eigenvalue weighted by Crippen LogP contribution is -2.38. The summed E-state index contributed by atoms with van der Waals surface area (Å²) < 4.78 is 30.6. The van der Waals surface area contributed by atoms with E-state index in [-0.39, 0.29) is 10.2 Å². The number of guanidine groups is 1. The molecule has 1 unspecified atom stereocenters. The summed E-state index contributed by atoms with van der Waals surface area (Å²) in [5.41, 5.74) is 0. The van der Waals surface area contributed by atoms with Gasteiger partial charge >= 0.3 is 0 Å². The van der Waals surface area contributed by atoms with Crippen LogP contribution in [0, 0.1) is 5.92 Å². The van der Waals surface area contributed by atoms with Gasteiger partial charge in [0.1, 0.15) is 4.21 Å². The van der Waals surface area contributed by atoms with Gasteiger partial charge in [-0.1, -0.05) is 25.1 Å². The van der Waals surface area contributed by atoms with Crippen molar-refractivity contribution in [2.45, 2.75) is 24.5 Å². The number of nitrogens with zero attached hydrogens (tertiary/aromatic N) is 3. The normalized spacial score (nSPS) is 18.5. The van der Waals surface area contributed by atoms with Crippen LogP contribution in [0.5, 0.6) is 0 Å². The molecule has 1 aromatic carbocycles.